The van der Waals surface area contributed by atoms with Crippen molar-refractivity contribution in [1.29, 1.82) is 0 Å². The summed E-state index contributed by atoms with van der Waals surface area (Å²) in [4.78, 5) is 11.8. The summed E-state index contributed by atoms with van der Waals surface area (Å²) in [7, 11) is 0. The smallest absolute Gasteiger partial charge is 0.197 e. The molecule has 2 rings (SSSR count). The average molecular weight is 258 g/mol. The maximum Gasteiger partial charge on any atom is 0.197 e. The van der Waals surface area contributed by atoms with Gasteiger partial charge in [0, 0.05) is 17.4 Å². The molecule has 0 aliphatic carbocycles. The molecule has 0 atom stereocenters. The van der Waals surface area contributed by atoms with E-state index in [1.807, 2.05) is 13.0 Å². The van der Waals surface area contributed by atoms with E-state index in [-0.39, 0.29) is 11.2 Å². The maximum absolute atomic E-state index is 11.8. The highest BCUT2D eigenvalue weighted by Gasteiger charge is 2.22. The minimum absolute atomic E-state index is 0.00775. The van der Waals surface area contributed by atoms with Crippen molar-refractivity contribution in [2.75, 3.05) is 0 Å². The van der Waals surface area contributed by atoms with Gasteiger partial charge >= 0.3 is 0 Å². The molecule has 0 bridgehead atoms. The summed E-state index contributed by atoms with van der Waals surface area (Å²) in [6, 6.07) is 6.21. The van der Waals surface area contributed by atoms with E-state index < -0.39 is 0 Å². The SMILES string of the molecule is CCC(=O)c1cc2cc(CC)cc(C(C)(C)C)c2o1. The lowest BCUT2D eigenvalue weighted by Gasteiger charge is -2.20. The Morgan fingerprint density at radius 1 is 1.16 bits per heavy atom. The molecule has 1 aromatic carbocycles. The molecule has 2 aromatic rings. The standard InChI is InChI=1S/C17H22O2/c1-6-11-8-12-10-15(14(18)7-2)19-16(12)13(9-11)17(3,4)5/h8-10H,6-7H2,1-5H3. The largest absolute Gasteiger partial charge is 0.453 e. The zero-order valence-corrected chi connectivity index (χ0v) is 12.5. The molecule has 0 aliphatic rings. The van der Waals surface area contributed by atoms with Gasteiger partial charge in [0.1, 0.15) is 5.58 Å². The summed E-state index contributed by atoms with van der Waals surface area (Å²) in [6.07, 6.45) is 1.46. The van der Waals surface area contributed by atoms with Gasteiger partial charge in [-0.2, -0.15) is 0 Å². The molecule has 0 saturated heterocycles. The molecule has 2 nitrogen and oxygen atoms in total. The van der Waals surface area contributed by atoms with Crippen LogP contribution in [-0.4, -0.2) is 5.78 Å². The fourth-order valence-electron chi connectivity index (χ4n) is 2.29. The molecule has 0 aliphatic heterocycles. The Hall–Kier alpha value is -1.57. The van der Waals surface area contributed by atoms with E-state index in [9.17, 15) is 4.79 Å². The van der Waals surface area contributed by atoms with Crippen LogP contribution < -0.4 is 0 Å². The molecule has 2 heteroatoms. The van der Waals surface area contributed by atoms with Crippen molar-refractivity contribution in [3.63, 3.8) is 0 Å². The summed E-state index contributed by atoms with van der Waals surface area (Å²) in [6.45, 7) is 10.5. The Bertz CT molecular complexity index is 612. The summed E-state index contributed by atoms with van der Waals surface area (Å²) in [5.41, 5.74) is 3.33. The average Bonchev–Trinajstić information content (AvgIpc) is 2.78. The number of rotatable bonds is 3. The van der Waals surface area contributed by atoms with Gasteiger partial charge in [-0.15, -0.1) is 0 Å². The third-order valence-electron chi connectivity index (χ3n) is 3.49. The highest BCUT2D eigenvalue weighted by molar-refractivity contribution is 5.98. The number of hydrogen-bond acceptors (Lipinski definition) is 2. The molecule has 19 heavy (non-hydrogen) atoms. The first-order valence-corrected chi connectivity index (χ1v) is 6.97. The molecule has 1 aromatic heterocycles. The van der Waals surface area contributed by atoms with Crippen molar-refractivity contribution < 1.29 is 9.21 Å². The number of furan rings is 1. The van der Waals surface area contributed by atoms with Crippen LogP contribution in [0, 0.1) is 0 Å². The van der Waals surface area contributed by atoms with E-state index in [4.69, 9.17) is 4.42 Å². The normalized spacial score (nSPS) is 12.1. The molecule has 0 N–H and O–H groups in total. The first kappa shape index (κ1) is 13.9. The minimum atomic E-state index is 0.00775. The second-order valence-electron chi connectivity index (χ2n) is 6.05. The van der Waals surface area contributed by atoms with E-state index in [0.29, 0.717) is 12.2 Å². The predicted molar refractivity (Wildman–Crippen MR) is 78.9 cm³/mol. The first-order valence-electron chi connectivity index (χ1n) is 6.97. The van der Waals surface area contributed by atoms with E-state index in [1.165, 1.54) is 11.1 Å². The Balaban J connectivity index is 2.72. The molecule has 0 unspecified atom stereocenters. The second kappa shape index (κ2) is 4.84. The molecule has 0 fully saturated rings. The van der Waals surface area contributed by atoms with Gasteiger partial charge in [0.25, 0.3) is 0 Å². The number of hydrogen-bond donors (Lipinski definition) is 0. The molecular formula is C17H22O2. The van der Waals surface area contributed by atoms with Crippen LogP contribution in [0.5, 0.6) is 0 Å². The Morgan fingerprint density at radius 3 is 2.37 bits per heavy atom. The quantitative estimate of drug-likeness (QED) is 0.734. The van der Waals surface area contributed by atoms with Crippen molar-refractivity contribution in [3.8, 4) is 0 Å². The van der Waals surface area contributed by atoms with Gasteiger partial charge in [-0.25, -0.2) is 0 Å². The number of carbonyl (C=O) groups excluding carboxylic acids is 1. The summed E-state index contributed by atoms with van der Waals surface area (Å²) < 4.78 is 5.83. The highest BCUT2D eigenvalue weighted by atomic mass is 16.3. The van der Waals surface area contributed by atoms with Crippen LogP contribution in [0.2, 0.25) is 0 Å². The molecule has 0 saturated carbocycles. The zero-order valence-electron chi connectivity index (χ0n) is 12.5. The zero-order chi connectivity index (χ0) is 14.2. The molecule has 0 radical (unpaired) electrons. The monoisotopic (exact) mass is 258 g/mol. The maximum atomic E-state index is 11.8. The van der Waals surface area contributed by atoms with Crippen molar-refractivity contribution >= 4 is 16.8 Å². The number of aryl methyl sites for hydroxylation is 1. The molecule has 102 valence electrons. The van der Waals surface area contributed by atoms with Gasteiger partial charge in [-0.05, 0) is 29.5 Å². The van der Waals surface area contributed by atoms with Crippen LogP contribution in [0.4, 0.5) is 0 Å². The van der Waals surface area contributed by atoms with Gasteiger partial charge in [-0.1, -0.05) is 40.7 Å². The number of ketones is 1. The van der Waals surface area contributed by atoms with Crippen LogP contribution in [0.1, 0.15) is 62.7 Å². The van der Waals surface area contributed by atoms with Gasteiger partial charge in [0.05, 0.1) is 0 Å². The minimum Gasteiger partial charge on any atom is -0.453 e. The Labute approximate surface area is 114 Å². The van der Waals surface area contributed by atoms with Crippen LogP contribution in [0.3, 0.4) is 0 Å². The number of benzene rings is 1. The number of carbonyl (C=O) groups is 1. The lowest BCUT2D eigenvalue weighted by atomic mass is 9.85. The highest BCUT2D eigenvalue weighted by Crippen LogP contribution is 2.33. The number of fused-ring (bicyclic) bond motifs is 1. The van der Waals surface area contributed by atoms with Crippen LogP contribution in [0.25, 0.3) is 11.0 Å². The van der Waals surface area contributed by atoms with Gasteiger partial charge in [0.15, 0.2) is 11.5 Å². The van der Waals surface area contributed by atoms with Crippen LogP contribution in [0.15, 0.2) is 22.6 Å². The summed E-state index contributed by atoms with van der Waals surface area (Å²) >= 11 is 0. The van der Waals surface area contributed by atoms with Gasteiger partial charge in [-0.3, -0.25) is 4.79 Å². The summed E-state index contributed by atoms with van der Waals surface area (Å²) in [5, 5.41) is 1.04. The Kier molecular flexibility index (Phi) is 3.53. The predicted octanol–water partition coefficient (Wildman–Crippen LogP) is 4.89. The van der Waals surface area contributed by atoms with Crippen molar-refractivity contribution in [3.05, 3.63) is 35.1 Å². The van der Waals surface area contributed by atoms with Crippen LogP contribution in [-0.2, 0) is 11.8 Å². The lowest BCUT2D eigenvalue weighted by molar-refractivity contribution is 0.0963. The number of Topliss-reactive ketones (excluding diaryl/α,β-unsaturated/α-hetero) is 1. The van der Waals surface area contributed by atoms with Crippen molar-refractivity contribution in [1.82, 2.24) is 0 Å². The Morgan fingerprint density at radius 2 is 1.84 bits per heavy atom. The second-order valence-corrected chi connectivity index (χ2v) is 6.05. The van der Waals surface area contributed by atoms with Crippen molar-refractivity contribution in [2.24, 2.45) is 0 Å². The fraction of sp³-hybridized carbons (Fsp3) is 0.471. The molecule has 1 heterocycles. The van der Waals surface area contributed by atoms with Crippen LogP contribution >= 0.6 is 0 Å². The van der Waals surface area contributed by atoms with Gasteiger partial charge in [0.2, 0.25) is 0 Å². The van der Waals surface area contributed by atoms with E-state index in [0.717, 1.165) is 17.4 Å². The molecule has 0 amide bonds. The first-order chi connectivity index (χ1) is 8.86. The van der Waals surface area contributed by atoms with E-state index >= 15 is 0 Å². The van der Waals surface area contributed by atoms with Gasteiger partial charge < -0.3 is 4.42 Å². The summed E-state index contributed by atoms with van der Waals surface area (Å²) in [5.74, 6) is 0.547. The lowest BCUT2D eigenvalue weighted by Crippen LogP contribution is -2.11. The third-order valence-corrected chi connectivity index (χ3v) is 3.49. The van der Waals surface area contributed by atoms with E-state index in [2.05, 4.69) is 39.8 Å². The third kappa shape index (κ3) is 2.58. The fourth-order valence-corrected chi connectivity index (χ4v) is 2.29. The molecule has 0 spiro atoms. The topological polar surface area (TPSA) is 30.2 Å². The van der Waals surface area contributed by atoms with Crippen molar-refractivity contribution in [2.45, 2.75) is 52.9 Å². The van der Waals surface area contributed by atoms with E-state index in [1.54, 1.807) is 0 Å². The molecular weight excluding hydrogens is 236 g/mol.